The van der Waals surface area contributed by atoms with Crippen molar-refractivity contribution in [1.29, 1.82) is 0 Å². The van der Waals surface area contributed by atoms with Gasteiger partial charge in [-0.15, -0.1) is 0 Å². The minimum Gasteiger partial charge on any atom is -0.436 e. The average molecular weight is 261 g/mol. The molecular formula is C14H16FN3O. The van der Waals surface area contributed by atoms with Crippen LogP contribution in [-0.2, 0) is 6.42 Å². The fourth-order valence-corrected chi connectivity index (χ4v) is 1.69. The number of halogens is 1. The number of nitrogens with two attached hydrogens (primary N) is 1. The molecule has 0 radical (unpaired) electrons. The summed E-state index contributed by atoms with van der Waals surface area (Å²) >= 11 is 0. The lowest BCUT2D eigenvalue weighted by Gasteiger charge is -2.09. The molecule has 0 unspecified atom stereocenters. The maximum atomic E-state index is 13.7. The van der Waals surface area contributed by atoms with Crippen LogP contribution in [0.3, 0.4) is 0 Å². The van der Waals surface area contributed by atoms with E-state index in [1.54, 1.807) is 19.1 Å². The molecule has 0 amide bonds. The summed E-state index contributed by atoms with van der Waals surface area (Å²) in [7, 11) is 0. The van der Waals surface area contributed by atoms with Crippen LogP contribution in [0.4, 0.5) is 10.1 Å². The van der Waals surface area contributed by atoms with Crippen LogP contribution in [0.15, 0.2) is 24.5 Å². The molecule has 0 aliphatic carbocycles. The predicted octanol–water partition coefficient (Wildman–Crippen LogP) is 3.25. The lowest BCUT2D eigenvalue weighted by molar-refractivity contribution is 0.425. The third kappa shape index (κ3) is 3.19. The molecule has 1 heterocycles. The molecule has 2 aromatic rings. The number of benzene rings is 1. The second-order valence-corrected chi connectivity index (χ2v) is 4.34. The first-order valence-corrected chi connectivity index (χ1v) is 6.14. The SMILES string of the molecule is CCCc1cc(Oc2cc(C)c(N)cc2F)ncn1. The van der Waals surface area contributed by atoms with Crippen molar-refractivity contribution < 1.29 is 9.13 Å². The van der Waals surface area contributed by atoms with Crippen molar-refractivity contribution in [3.8, 4) is 11.6 Å². The van der Waals surface area contributed by atoms with Gasteiger partial charge in [-0.2, -0.15) is 0 Å². The first kappa shape index (κ1) is 13.3. The van der Waals surface area contributed by atoms with Crippen LogP contribution in [-0.4, -0.2) is 9.97 Å². The molecule has 19 heavy (non-hydrogen) atoms. The van der Waals surface area contributed by atoms with Gasteiger partial charge in [-0.1, -0.05) is 13.3 Å². The van der Waals surface area contributed by atoms with E-state index in [1.807, 2.05) is 0 Å². The molecule has 2 rings (SSSR count). The molecular weight excluding hydrogens is 245 g/mol. The summed E-state index contributed by atoms with van der Waals surface area (Å²) in [6.07, 6.45) is 3.23. The first-order chi connectivity index (χ1) is 9.10. The molecule has 0 aliphatic rings. The van der Waals surface area contributed by atoms with E-state index >= 15 is 0 Å². The number of hydrogen-bond donors (Lipinski definition) is 1. The van der Waals surface area contributed by atoms with E-state index in [0.29, 0.717) is 11.6 Å². The zero-order valence-electron chi connectivity index (χ0n) is 11.0. The number of nitrogen functional groups attached to an aromatic ring is 1. The Morgan fingerprint density at radius 1 is 1.26 bits per heavy atom. The summed E-state index contributed by atoms with van der Waals surface area (Å²) < 4.78 is 19.2. The van der Waals surface area contributed by atoms with Crippen molar-refractivity contribution in [2.24, 2.45) is 0 Å². The Morgan fingerprint density at radius 2 is 2.05 bits per heavy atom. The Bertz CT molecular complexity index is 587. The molecule has 2 N–H and O–H groups in total. The summed E-state index contributed by atoms with van der Waals surface area (Å²) in [6, 6.07) is 4.53. The van der Waals surface area contributed by atoms with Crippen LogP contribution in [0.1, 0.15) is 24.6 Å². The molecule has 5 heteroatoms. The van der Waals surface area contributed by atoms with Gasteiger partial charge in [0.2, 0.25) is 5.88 Å². The average Bonchev–Trinajstić information content (AvgIpc) is 2.37. The topological polar surface area (TPSA) is 61.0 Å². The van der Waals surface area contributed by atoms with Gasteiger partial charge in [0.25, 0.3) is 0 Å². The summed E-state index contributed by atoms with van der Waals surface area (Å²) in [5, 5.41) is 0. The number of anilines is 1. The Balaban J connectivity index is 2.25. The predicted molar refractivity (Wildman–Crippen MR) is 71.7 cm³/mol. The quantitative estimate of drug-likeness (QED) is 0.858. The molecule has 0 saturated heterocycles. The summed E-state index contributed by atoms with van der Waals surface area (Å²) in [5.74, 6) is -0.0480. The van der Waals surface area contributed by atoms with Crippen LogP contribution in [0.25, 0.3) is 0 Å². The standard InChI is InChI=1S/C14H16FN3O/c1-3-4-10-6-14(18-8-17-10)19-13-5-9(2)12(16)7-11(13)15/h5-8H,3-4,16H2,1-2H3. The highest BCUT2D eigenvalue weighted by Gasteiger charge is 2.09. The van der Waals surface area contributed by atoms with E-state index in [-0.39, 0.29) is 5.75 Å². The van der Waals surface area contributed by atoms with Gasteiger partial charge in [-0.05, 0) is 25.0 Å². The van der Waals surface area contributed by atoms with Gasteiger partial charge in [0, 0.05) is 23.5 Å². The summed E-state index contributed by atoms with van der Waals surface area (Å²) in [6.45, 7) is 3.86. The van der Waals surface area contributed by atoms with Crippen molar-refractivity contribution in [2.45, 2.75) is 26.7 Å². The van der Waals surface area contributed by atoms with Crippen molar-refractivity contribution >= 4 is 5.69 Å². The molecule has 0 fully saturated rings. The Labute approximate surface area is 111 Å². The van der Waals surface area contributed by atoms with E-state index in [4.69, 9.17) is 10.5 Å². The fourth-order valence-electron chi connectivity index (χ4n) is 1.69. The second-order valence-electron chi connectivity index (χ2n) is 4.34. The highest BCUT2D eigenvalue weighted by atomic mass is 19.1. The maximum Gasteiger partial charge on any atom is 0.222 e. The molecule has 100 valence electrons. The van der Waals surface area contributed by atoms with Gasteiger partial charge >= 0.3 is 0 Å². The molecule has 1 aromatic carbocycles. The highest BCUT2D eigenvalue weighted by molar-refractivity contribution is 5.51. The van der Waals surface area contributed by atoms with Gasteiger partial charge in [0.1, 0.15) is 6.33 Å². The number of rotatable bonds is 4. The molecule has 1 aromatic heterocycles. The number of aromatic nitrogens is 2. The smallest absolute Gasteiger partial charge is 0.222 e. The summed E-state index contributed by atoms with van der Waals surface area (Å²) in [5.41, 5.74) is 7.67. The third-order valence-electron chi connectivity index (χ3n) is 2.74. The van der Waals surface area contributed by atoms with E-state index in [9.17, 15) is 4.39 Å². The zero-order chi connectivity index (χ0) is 13.8. The monoisotopic (exact) mass is 261 g/mol. The van der Waals surface area contributed by atoms with Crippen molar-refractivity contribution in [2.75, 3.05) is 5.73 Å². The maximum absolute atomic E-state index is 13.7. The van der Waals surface area contributed by atoms with E-state index in [1.165, 1.54) is 12.4 Å². The van der Waals surface area contributed by atoms with Crippen LogP contribution < -0.4 is 10.5 Å². The van der Waals surface area contributed by atoms with Crippen LogP contribution in [0.5, 0.6) is 11.6 Å². The molecule has 0 atom stereocenters. The molecule has 4 nitrogen and oxygen atoms in total. The normalized spacial score (nSPS) is 10.5. The van der Waals surface area contributed by atoms with E-state index in [2.05, 4.69) is 16.9 Å². The minimum absolute atomic E-state index is 0.118. The molecule has 0 saturated carbocycles. The largest absolute Gasteiger partial charge is 0.436 e. The van der Waals surface area contributed by atoms with Gasteiger partial charge in [0.15, 0.2) is 11.6 Å². The van der Waals surface area contributed by atoms with Crippen molar-refractivity contribution in [3.05, 3.63) is 41.6 Å². The molecule has 0 spiro atoms. The van der Waals surface area contributed by atoms with Gasteiger partial charge in [-0.3, -0.25) is 0 Å². The second kappa shape index (κ2) is 5.65. The number of ether oxygens (including phenoxy) is 1. The van der Waals surface area contributed by atoms with Crippen molar-refractivity contribution in [3.63, 3.8) is 0 Å². The molecule has 0 aliphatic heterocycles. The van der Waals surface area contributed by atoms with E-state index in [0.717, 1.165) is 24.1 Å². The van der Waals surface area contributed by atoms with Crippen LogP contribution >= 0.6 is 0 Å². The lowest BCUT2D eigenvalue weighted by atomic mass is 10.2. The Kier molecular flexibility index (Phi) is 3.94. The van der Waals surface area contributed by atoms with Crippen LogP contribution in [0.2, 0.25) is 0 Å². The highest BCUT2D eigenvalue weighted by Crippen LogP contribution is 2.27. The first-order valence-electron chi connectivity index (χ1n) is 6.14. The fraction of sp³-hybridized carbons (Fsp3) is 0.286. The number of aryl methyl sites for hydroxylation is 2. The van der Waals surface area contributed by atoms with Gasteiger partial charge in [-0.25, -0.2) is 14.4 Å². The number of nitrogens with zero attached hydrogens (tertiary/aromatic N) is 2. The van der Waals surface area contributed by atoms with Crippen LogP contribution in [0, 0.1) is 12.7 Å². The van der Waals surface area contributed by atoms with Gasteiger partial charge < -0.3 is 10.5 Å². The zero-order valence-corrected chi connectivity index (χ0v) is 11.0. The Morgan fingerprint density at radius 3 is 2.79 bits per heavy atom. The van der Waals surface area contributed by atoms with Crippen molar-refractivity contribution in [1.82, 2.24) is 9.97 Å². The lowest BCUT2D eigenvalue weighted by Crippen LogP contribution is -1.97. The summed E-state index contributed by atoms with van der Waals surface area (Å²) in [4.78, 5) is 8.10. The minimum atomic E-state index is -0.501. The Hall–Kier alpha value is -2.17. The van der Waals surface area contributed by atoms with Gasteiger partial charge in [0.05, 0.1) is 0 Å². The third-order valence-corrected chi connectivity index (χ3v) is 2.74. The van der Waals surface area contributed by atoms with E-state index < -0.39 is 5.82 Å². The molecule has 0 bridgehead atoms. The number of hydrogen-bond acceptors (Lipinski definition) is 4.